The van der Waals surface area contributed by atoms with Gasteiger partial charge in [-0.15, -0.1) is 0 Å². The fraction of sp³-hybridized carbons (Fsp3) is 0. The Hall–Kier alpha value is -2.45. The van der Waals surface area contributed by atoms with E-state index in [1.807, 2.05) is 0 Å². The van der Waals surface area contributed by atoms with Gasteiger partial charge in [-0.05, 0) is 35.9 Å². The molecule has 0 spiro atoms. The van der Waals surface area contributed by atoms with Crippen LogP contribution < -0.4 is 0 Å². The van der Waals surface area contributed by atoms with Crippen LogP contribution in [0.4, 0.5) is 0 Å². The minimum absolute atomic E-state index is 0.108. The van der Waals surface area contributed by atoms with E-state index < -0.39 is 9.84 Å². The Morgan fingerprint density at radius 3 is 2.32 bits per heavy atom. The molecule has 4 nitrogen and oxygen atoms in total. The van der Waals surface area contributed by atoms with Gasteiger partial charge in [0, 0.05) is 12.4 Å². The summed E-state index contributed by atoms with van der Waals surface area (Å²) in [5.41, 5.74) is 0.617. The summed E-state index contributed by atoms with van der Waals surface area (Å²) in [4.78, 5) is 3.66. The summed E-state index contributed by atoms with van der Waals surface area (Å²) in [5, 5.41) is 9.07. The minimum atomic E-state index is -3.77. The topological polar surface area (TPSA) is 70.8 Å². The fourth-order valence-corrected chi connectivity index (χ4v) is 2.69. The van der Waals surface area contributed by atoms with Gasteiger partial charge >= 0.3 is 0 Å². The molecular weight excluding hydrogens is 260 g/mol. The number of hydrogen-bond acceptors (Lipinski definition) is 4. The third-order valence-corrected chi connectivity index (χ3v) is 4.14. The highest BCUT2D eigenvalue weighted by Crippen LogP contribution is 2.20. The average molecular weight is 270 g/mol. The van der Waals surface area contributed by atoms with Crippen LogP contribution in [0.25, 0.3) is 6.08 Å². The van der Waals surface area contributed by atoms with E-state index in [0.717, 1.165) is 0 Å². The lowest BCUT2D eigenvalue weighted by Crippen LogP contribution is -2.03. The molecule has 1 aromatic heterocycles. The molecular formula is C14H10N2O2S. The van der Waals surface area contributed by atoms with E-state index in [9.17, 15) is 8.42 Å². The SMILES string of the molecule is N#C/C(=C\c1ccncc1)S(=O)(=O)c1ccccc1. The molecule has 0 N–H and O–H groups in total. The van der Waals surface area contributed by atoms with Crippen molar-refractivity contribution in [2.45, 2.75) is 4.90 Å². The van der Waals surface area contributed by atoms with E-state index in [1.54, 1.807) is 36.4 Å². The van der Waals surface area contributed by atoms with Crippen LogP contribution in [-0.2, 0) is 9.84 Å². The largest absolute Gasteiger partial charge is 0.265 e. The normalized spacial score (nSPS) is 11.8. The molecule has 0 atom stereocenters. The van der Waals surface area contributed by atoms with Crippen LogP contribution in [0, 0.1) is 11.3 Å². The molecule has 0 aliphatic rings. The molecule has 2 rings (SSSR count). The van der Waals surface area contributed by atoms with Gasteiger partial charge in [0.2, 0.25) is 9.84 Å². The number of nitriles is 1. The second kappa shape index (κ2) is 5.46. The summed E-state index contributed by atoms with van der Waals surface area (Å²) in [5.74, 6) is 0. The van der Waals surface area contributed by atoms with Crippen molar-refractivity contribution in [1.29, 1.82) is 5.26 Å². The molecule has 19 heavy (non-hydrogen) atoms. The molecule has 0 unspecified atom stereocenters. The quantitative estimate of drug-likeness (QED) is 0.803. The van der Waals surface area contributed by atoms with E-state index in [0.29, 0.717) is 5.56 Å². The summed E-state index contributed by atoms with van der Waals surface area (Å²) in [6.45, 7) is 0. The van der Waals surface area contributed by atoms with Gasteiger partial charge in [-0.2, -0.15) is 5.26 Å². The molecule has 1 heterocycles. The van der Waals surface area contributed by atoms with Crippen molar-refractivity contribution in [3.8, 4) is 6.07 Å². The van der Waals surface area contributed by atoms with Crippen molar-refractivity contribution in [2.24, 2.45) is 0 Å². The molecule has 5 heteroatoms. The van der Waals surface area contributed by atoms with E-state index in [-0.39, 0.29) is 9.80 Å². The maximum Gasteiger partial charge on any atom is 0.216 e. The van der Waals surface area contributed by atoms with Crippen LogP contribution in [0.5, 0.6) is 0 Å². The maximum absolute atomic E-state index is 12.3. The first-order chi connectivity index (χ1) is 9.14. The lowest BCUT2D eigenvalue weighted by molar-refractivity contribution is 0.603. The Kier molecular flexibility index (Phi) is 3.74. The van der Waals surface area contributed by atoms with Crippen molar-refractivity contribution < 1.29 is 8.42 Å². The highest BCUT2D eigenvalue weighted by Gasteiger charge is 2.20. The van der Waals surface area contributed by atoms with Gasteiger partial charge in [0.05, 0.1) is 4.90 Å². The van der Waals surface area contributed by atoms with Crippen LogP contribution in [0.15, 0.2) is 64.7 Å². The summed E-state index contributed by atoms with van der Waals surface area (Å²) in [6, 6.07) is 12.9. The molecule has 0 saturated heterocycles. The zero-order valence-electron chi connectivity index (χ0n) is 9.89. The van der Waals surface area contributed by atoms with Crippen LogP contribution in [0.3, 0.4) is 0 Å². The number of hydrogen-bond donors (Lipinski definition) is 0. The third-order valence-electron chi connectivity index (χ3n) is 2.46. The predicted molar refractivity (Wildman–Crippen MR) is 71.5 cm³/mol. The fourth-order valence-electron chi connectivity index (χ4n) is 1.51. The number of benzene rings is 1. The van der Waals surface area contributed by atoms with Crippen molar-refractivity contribution in [1.82, 2.24) is 4.98 Å². The smallest absolute Gasteiger partial charge is 0.216 e. The number of sulfone groups is 1. The zero-order chi connectivity index (χ0) is 13.7. The zero-order valence-corrected chi connectivity index (χ0v) is 10.7. The third kappa shape index (κ3) is 2.87. The Labute approximate surface area is 111 Å². The highest BCUT2D eigenvalue weighted by atomic mass is 32.2. The van der Waals surface area contributed by atoms with E-state index >= 15 is 0 Å². The standard InChI is InChI=1S/C14H10N2O2S/c15-11-14(10-12-6-8-16-9-7-12)19(17,18)13-4-2-1-3-5-13/h1-10H/b14-10+. The molecule has 0 radical (unpaired) electrons. The number of nitrogens with zero attached hydrogens (tertiary/aromatic N) is 2. The second-order valence-electron chi connectivity index (χ2n) is 3.72. The van der Waals surface area contributed by atoms with Crippen LogP contribution in [-0.4, -0.2) is 13.4 Å². The number of aromatic nitrogens is 1. The molecule has 1 aromatic carbocycles. The Bertz CT molecular complexity index is 730. The molecule has 0 aliphatic heterocycles. The van der Waals surface area contributed by atoms with Crippen molar-refractivity contribution in [2.75, 3.05) is 0 Å². The van der Waals surface area contributed by atoms with Crippen molar-refractivity contribution in [3.63, 3.8) is 0 Å². The first-order valence-corrected chi connectivity index (χ1v) is 6.95. The van der Waals surface area contributed by atoms with Crippen molar-refractivity contribution >= 4 is 15.9 Å². The monoisotopic (exact) mass is 270 g/mol. The van der Waals surface area contributed by atoms with Gasteiger partial charge in [-0.25, -0.2) is 8.42 Å². The lowest BCUT2D eigenvalue weighted by Gasteiger charge is -2.02. The Morgan fingerprint density at radius 2 is 1.74 bits per heavy atom. The van der Waals surface area contributed by atoms with E-state index in [2.05, 4.69) is 4.98 Å². The summed E-state index contributed by atoms with van der Waals surface area (Å²) in [7, 11) is -3.77. The molecule has 0 fully saturated rings. The first kappa shape index (κ1) is 13.0. The van der Waals surface area contributed by atoms with Gasteiger partial charge in [0.25, 0.3) is 0 Å². The van der Waals surface area contributed by atoms with Gasteiger partial charge in [0.1, 0.15) is 11.0 Å². The first-order valence-electron chi connectivity index (χ1n) is 5.46. The highest BCUT2D eigenvalue weighted by molar-refractivity contribution is 7.95. The Morgan fingerprint density at radius 1 is 1.11 bits per heavy atom. The summed E-state index contributed by atoms with van der Waals surface area (Å²) < 4.78 is 24.5. The number of pyridine rings is 1. The minimum Gasteiger partial charge on any atom is -0.265 e. The van der Waals surface area contributed by atoms with Crippen LogP contribution in [0.1, 0.15) is 5.56 Å². The summed E-state index contributed by atoms with van der Waals surface area (Å²) in [6.07, 6.45) is 4.41. The maximum atomic E-state index is 12.3. The summed E-state index contributed by atoms with van der Waals surface area (Å²) >= 11 is 0. The number of allylic oxidation sites excluding steroid dienone is 1. The van der Waals surface area contributed by atoms with Crippen molar-refractivity contribution in [3.05, 3.63) is 65.3 Å². The van der Waals surface area contributed by atoms with Gasteiger partial charge in [-0.1, -0.05) is 18.2 Å². The lowest BCUT2D eigenvalue weighted by atomic mass is 10.2. The molecule has 94 valence electrons. The molecule has 0 aliphatic carbocycles. The predicted octanol–water partition coefficient (Wildman–Crippen LogP) is 2.42. The van der Waals surface area contributed by atoms with Crippen LogP contribution in [0.2, 0.25) is 0 Å². The average Bonchev–Trinajstić information content (AvgIpc) is 2.46. The van der Waals surface area contributed by atoms with Gasteiger partial charge in [0.15, 0.2) is 0 Å². The van der Waals surface area contributed by atoms with Gasteiger partial charge in [-0.3, -0.25) is 4.98 Å². The molecule has 0 amide bonds. The van der Waals surface area contributed by atoms with Gasteiger partial charge < -0.3 is 0 Å². The molecule has 0 saturated carbocycles. The molecule has 2 aromatic rings. The number of rotatable bonds is 3. The second-order valence-corrected chi connectivity index (χ2v) is 5.64. The Balaban J connectivity index is 2.50. The van der Waals surface area contributed by atoms with Crippen LogP contribution >= 0.6 is 0 Å². The molecule has 0 bridgehead atoms. The van der Waals surface area contributed by atoms with E-state index in [1.165, 1.54) is 30.6 Å². The van der Waals surface area contributed by atoms with E-state index in [4.69, 9.17) is 5.26 Å².